The quantitative estimate of drug-likeness (QED) is 0.838. The fourth-order valence-corrected chi connectivity index (χ4v) is 3.21. The first kappa shape index (κ1) is 14.3. The first-order chi connectivity index (χ1) is 10.1. The van der Waals surface area contributed by atoms with Crippen LogP contribution in [0.5, 0.6) is 0 Å². The highest BCUT2D eigenvalue weighted by Crippen LogP contribution is 2.32. The summed E-state index contributed by atoms with van der Waals surface area (Å²) in [7, 11) is 1.92. The summed E-state index contributed by atoms with van der Waals surface area (Å²) < 4.78 is 2.81. The normalized spacial score (nSPS) is 18.2. The Balaban J connectivity index is 1.93. The Morgan fingerprint density at radius 1 is 1.43 bits per heavy atom. The summed E-state index contributed by atoms with van der Waals surface area (Å²) in [5.74, 6) is 0.924. The maximum absolute atomic E-state index is 12.9. The second kappa shape index (κ2) is 5.60. The predicted octanol–water partition coefficient (Wildman–Crippen LogP) is 2.86. The number of likely N-dealkylation sites (tertiary alicyclic amines) is 1. The van der Waals surface area contributed by atoms with Crippen molar-refractivity contribution in [3.8, 4) is 0 Å². The number of amides is 1. The van der Waals surface area contributed by atoms with Crippen molar-refractivity contribution >= 4 is 21.8 Å². The molecule has 0 aliphatic carbocycles. The van der Waals surface area contributed by atoms with E-state index in [-0.39, 0.29) is 11.9 Å². The average molecular weight is 349 g/mol. The molecule has 2 aromatic rings. The summed E-state index contributed by atoms with van der Waals surface area (Å²) in [5.41, 5.74) is 1.74. The molecule has 6 heteroatoms. The van der Waals surface area contributed by atoms with Gasteiger partial charge in [0.05, 0.1) is 6.04 Å². The third-order valence-electron chi connectivity index (χ3n) is 3.99. The van der Waals surface area contributed by atoms with Gasteiger partial charge in [-0.2, -0.15) is 0 Å². The first-order valence-electron chi connectivity index (χ1n) is 6.99. The Bertz CT molecular complexity index is 682. The molecule has 2 heterocycles. The van der Waals surface area contributed by atoms with Crippen LogP contribution < -0.4 is 0 Å². The van der Waals surface area contributed by atoms with Gasteiger partial charge in [-0.1, -0.05) is 22.0 Å². The van der Waals surface area contributed by atoms with E-state index < -0.39 is 0 Å². The molecule has 1 fully saturated rings. The molecule has 1 aromatic heterocycles. The number of carbonyl (C=O) groups excluding carboxylic acids is 1. The number of halogens is 1. The zero-order valence-corrected chi connectivity index (χ0v) is 13.7. The van der Waals surface area contributed by atoms with Gasteiger partial charge in [-0.25, -0.2) is 0 Å². The van der Waals surface area contributed by atoms with Crippen LogP contribution in [-0.4, -0.2) is 32.1 Å². The van der Waals surface area contributed by atoms with E-state index in [4.69, 9.17) is 0 Å². The van der Waals surface area contributed by atoms with E-state index in [0.29, 0.717) is 0 Å². The number of nitrogens with zero attached hydrogens (tertiary/aromatic N) is 4. The van der Waals surface area contributed by atoms with Crippen LogP contribution in [0.4, 0.5) is 0 Å². The summed E-state index contributed by atoms with van der Waals surface area (Å²) in [6.45, 7) is 2.73. The molecule has 5 nitrogen and oxygen atoms in total. The highest BCUT2D eigenvalue weighted by Gasteiger charge is 2.33. The highest BCUT2D eigenvalue weighted by molar-refractivity contribution is 9.10. The predicted molar refractivity (Wildman–Crippen MR) is 82.9 cm³/mol. The van der Waals surface area contributed by atoms with E-state index in [2.05, 4.69) is 26.1 Å². The van der Waals surface area contributed by atoms with E-state index in [9.17, 15) is 4.79 Å². The Labute approximate surface area is 132 Å². The molecule has 3 rings (SSSR count). The molecule has 1 unspecified atom stereocenters. The van der Waals surface area contributed by atoms with Crippen molar-refractivity contribution in [2.45, 2.75) is 25.8 Å². The van der Waals surface area contributed by atoms with Crippen molar-refractivity contribution in [3.05, 3.63) is 46.0 Å². The summed E-state index contributed by atoms with van der Waals surface area (Å²) in [5, 5.41) is 8.11. The fraction of sp³-hybridized carbons (Fsp3) is 0.400. The SMILES string of the molecule is Cc1ccc(Br)cc1C(=O)N1CCCC1c1nncn1C. The number of hydrogen-bond acceptors (Lipinski definition) is 3. The van der Waals surface area contributed by atoms with Gasteiger partial charge in [0.2, 0.25) is 0 Å². The molecular formula is C15H17BrN4O. The minimum absolute atomic E-state index is 0.0170. The number of carbonyl (C=O) groups is 1. The lowest BCUT2D eigenvalue weighted by Gasteiger charge is -2.24. The Morgan fingerprint density at radius 3 is 2.95 bits per heavy atom. The number of benzene rings is 1. The largest absolute Gasteiger partial charge is 0.328 e. The Morgan fingerprint density at radius 2 is 2.24 bits per heavy atom. The number of aryl methyl sites for hydroxylation is 2. The Kier molecular flexibility index (Phi) is 3.80. The molecular weight excluding hydrogens is 332 g/mol. The van der Waals surface area contributed by atoms with Crippen LogP contribution >= 0.6 is 15.9 Å². The monoisotopic (exact) mass is 348 g/mol. The van der Waals surface area contributed by atoms with Gasteiger partial charge in [0.1, 0.15) is 6.33 Å². The molecule has 0 spiro atoms. The minimum Gasteiger partial charge on any atom is -0.328 e. The van der Waals surface area contributed by atoms with Gasteiger partial charge in [0.15, 0.2) is 5.82 Å². The van der Waals surface area contributed by atoms with Crippen molar-refractivity contribution in [3.63, 3.8) is 0 Å². The fourth-order valence-electron chi connectivity index (χ4n) is 2.85. The standard InChI is InChI=1S/C15H17BrN4O/c1-10-5-6-11(16)8-12(10)15(21)20-7-3-4-13(20)14-18-17-9-19(14)2/h5-6,8-9,13H,3-4,7H2,1-2H3. The van der Waals surface area contributed by atoms with Crippen LogP contribution in [0.1, 0.15) is 40.6 Å². The van der Waals surface area contributed by atoms with Crippen LogP contribution in [0.3, 0.4) is 0 Å². The van der Waals surface area contributed by atoms with Crippen molar-refractivity contribution in [2.24, 2.45) is 7.05 Å². The van der Waals surface area contributed by atoms with E-state index in [1.54, 1.807) is 6.33 Å². The molecule has 110 valence electrons. The lowest BCUT2D eigenvalue weighted by Crippen LogP contribution is -2.32. The second-order valence-electron chi connectivity index (χ2n) is 5.42. The molecule has 0 saturated carbocycles. The molecule has 0 radical (unpaired) electrons. The van der Waals surface area contributed by atoms with Gasteiger partial charge < -0.3 is 9.47 Å². The second-order valence-corrected chi connectivity index (χ2v) is 6.33. The molecule has 1 aromatic carbocycles. The van der Waals surface area contributed by atoms with Crippen molar-refractivity contribution in [1.82, 2.24) is 19.7 Å². The zero-order valence-electron chi connectivity index (χ0n) is 12.1. The van der Waals surface area contributed by atoms with Gasteiger partial charge in [0, 0.05) is 23.6 Å². The molecule has 0 bridgehead atoms. The smallest absolute Gasteiger partial charge is 0.254 e. The van der Waals surface area contributed by atoms with Crippen molar-refractivity contribution < 1.29 is 4.79 Å². The van der Waals surface area contributed by atoms with E-state index in [1.165, 1.54) is 0 Å². The van der Waals surface area contributed by atoms with Crippen molar-refractivity contribution in [1.29, 1.82) is 0 Å². The molecule has 1 amide bonds. The van der Waals surface area contributed by atoms with Crippen LogP contribution in [0.2, 0.25) is 0 Å². The molecule has 0 N–H and O–H groups in total. The molecule has 1 saturated heterocycles. The van der Waals surface area contributed by atoms with Gasteiger partial charge in [0.25, 0.3) is 5.91 Å². The van der Waals surface area contributed by atoms with Crippen LogP contribution in [0.25, 0.3) is 0 Å². The lowest BCUT2D eigenvalue weighted by molar-refractivity contribution is 0.0727. The summed E-state index contributed by atoms with van der Waals surface area (Å²) in [6, 6.07) is 5.83. The van der Waals surface area contributed by atoms with E-state index >= 15 is 0 Å². The molecule has 1 aliphatic heterocycles. The Hall–Kier alpha value is -1.69. The molecule has 1 atom stereocenters. The molecule has 1 aliphatic rings. The number of hydrogen-bond donors (Lipinski definition) is 0. The van der Waals surface area contributed by atoms with Gasteiger partial charge in [-0.15, -0.1) is 10.2 Å². The minimum atomic E-state index is 0.0170. The maximum atomic E-state index is 12.9. The highest BCUT2D eigenvalue weighted by atomic mass is 79.9. The van der Waals surface area contributed by atoms with Crippen LogP contribution in [0, 0.1) is 6.92 Å². The summed E-state index contributed by atoms with van der Waals surface area (Å²) in [6.07, 6.45) is 3.61. The van der Waals surface area contributed by atoms with Gasteiger partial charge >= 0.3 is 0 Å². The lowest BCUT2D eigenvalue weighted by atomic mass is 10.1. The number of aromatic nitrogens is 3. The van der Waals surface area contributed by atoms with Crippen LogP contribution in [-0.2, 0) is 7.05 Å². The van der Waals surface area contributed by atoms with Crippen molar-refractivity contribution in [2.75, 3.05) is 6.54 Å². The third kappa shape index (κ3) is 2.60. The van der Waals surface area contributed by atoms with Crippen LogP contribution in [0.15, 0.2) is 29.0 Å². The van der Waals surface area contributed by atoms with E-state index in [0.717, 1.165) is 40.8 Å². The van der Waals surface area contributed by atoms with E-state index in [1.807, 2.05) is 41.6 Å². The average Bonchev–Trinajstić information content (AvgIpc) is 3.08. The topological polar surface area (TPSA) is 51.0 Å². The summed E-state index contributed by atoms with van der Waals surface area (Å²) in [4.78, 5) is 14.8. The maximum Gasteiger partial charge on any atom is 0.254 e. The molecule has 21 heavy (non-hydrogen) atoms. The van der Waals surface area contributed by atoms with Gasteiger partial charge in [-0.05, 0) is 37.5 Å². The zero-order chi connectivity index (χ0) is 15.0. The third-order valence-corrected chi connectivity index (χ3v) is 4.48. The van der Waals surface area contributed by atoms with Gasteiger partial charge in [-0.3, -0.25) is 4.79 Å². The number of rotatable bonds is 2. The summed E-state index contributed by atoms with van der Waals surface area (Å²) >= 11 is 3.44. The first-order valence-corrected chi connectivity index (χ1v) is 7.78.